The highest BCUT2D eigenvalue weighted by Gasteiger charge is 2.20. The lowest BCUT2D eigenvalue weighted by Gasteiger charge is -2.27. The molecule has 94 valence electrons. The first-order valence-corrected chi connectivity index (χ1v) is 6.69. The molecule has 1 aliphatic rings. The van der Waals surface area contributed by atoms with Crippen LogP contribution < -0.4 is 5.32 Å². The third-order valence-corrected chi connectivity index (χ3v) is 3.65. The summed E-state index contributed by atoms with van der Waals surface area (Å²) >= 11 is 0. The van der Waals surface area contributed by atoms with Crippen molar-refractivity contribution < 1.29 is 5.11 Å². The Morgan fingerprint density at radius 2 is 2.24 bits per heavy atom. The largest absolute Gasteiger partial charge is 0.395 e. The maximum Gasteiger partial charge on any atom is 0.0556 e. The molecule has 0 saturated heterocycles. The van der Waals surface area contributed by atoms with Gasteiger partial charge in [-0.05, 0) is 41.9 Å². The summed E-state index contributed by atoms with van der Waals surface area (Å²) in [7, 11) is 0. The third kappa shape index (κ3) is 2.88. The van der Waals surface area contributed by atoms with Gasteiger partial charge in [0.15, 0.2) is 0 Å². The van der Waals surface area contributed by atoms with E-state index < -0.39 is 0 Å². The van der Waals surface area contributed by atoms with Gasteiger partial charge in [0.25, 0.3) is 0 Å². The molecule has 0 fully saturated rings. The Labute approximate surface area is 104 Å². The second-order valence-electron chi connectivity index (χ2n) is 5.24. The molecule has 0 heterocycles. The van der Waals surface area contributed by atoms with E-state index in [1.165, 1.54) is 36.0 Å². The monoisotopic (exact) mass is 233 g/mol. The minimum absolute atomic E-state index is 0.218. The molecule has 0 saturated carbocycles. The molecule has 1 aromatic rings. The van der Waals surface area contributed by atoms with Crippen molar-refractivity contribution in [2.75, 3.05) is 13.2 Å². The predicted molar refractivity (Wildman–Crippen MR) is 71.3 cm³/mol. The van der Waals surface area contributed by atoms with Crippen molar-refractivity contribution in [3.05, 3.63) is 34.9 Å². The predicted octanol–water partition coefficient (Wildman–Crippen LogP) is 2.77. The fourth-order valence-electron chi connectivity index (χ4n) is 2.63. The molecule has 0 spiro atoms. The zero-order valence-electron chi connectivity index (χ0n) is 10.9. The van der Waals surface area contributed by atoms with Gasteiger partial charge < -0.3 is 10.4 Å². The van der Waals surface area contributed by atoms with E-state index in [0.717, 1.165) is 0 Å². The molecule has 1 aromatic carbocycles. The van der Waals surface area contributed by atoms with Crippen LogP contribution in [0.3, 0.4) is 0 Å². The summed E-state index contributed by atoms with van der Waals surface area (Å²) in [6.45, 7) is 5.38. The normalized spacial score (nSPS) is 19.4. The van der Waals surface area contributed by atoms with Crippen LogP contribution in [0.25, 0.3) is 0 Å². The van der Waals surface area contributed by atoms with Crippen molar-refractivity contribution in [1.29, 1.82) is 0 Å². The summed E-state index contributed by atoms with van der Waals surface area (Å²) in [4.78, 5) is 0. The van der Waals surface area contributed by atoms with Crippen LogP contribution in [0.2, 0.25) is 0 Å². The Bertz CT molecular complexity index is 373. The lowest BCUT2D eigenvalue weighted by molar-refractivity contribution is 0.280. The zero-order chi connectivity index (χ0) is 12.3. The number of rotatable bonds is 4. The van der Waals surface area contributed by atoms with Crippen molar-refractivity contribution in [1.82, 2.24) is 5.32 Å². The number of benzene rings is 1. The molecule has 0 bridgehead atoms. The second-order valence-corrected chi connectivity index (χ2v) is 5.24. The summed E-state index contributed by atoms with van der Waals surface area (Å²) in [6, 6.07) is 7.34. The SMILES string of the molecule is CC(C)c1ccc2c(c1)C(NCCO)CCC2. The van der Waals surface area contributed by atoms with Crippen LogP contribution in [0.15, 0.2) is 18.2 Å². The van der Waals surface area contributed by atoms with Gasteiger partial charge >= 0.3 is 0 Å². The number of aryl methyl sites for hydroxylation is 1. The average molecular weight is 233 g/mol. The highest BCUT2D eigenvalue weighted by molar-refractivity contribution is 5.37. The van der Waals surface area contributed by atoms with Crippen molar-refractivity contribution in [2.45, 2.75) is 45.1 Å². The lowest BCUT2D eigenvalue weighted by Crippen LogP contribution is -2.27. The van der Waals surface area contributed by atoms with Crippen molar-refractivity contribution in [3.63, 3.8) is 0 Å². The van der Waals surface area contributed by atoms with Gasteiger partial charge in [-0.25, -0.2) is 0 Å². The molecular weight excluding hydrogens is 210 g/mol. The maximum atomic E-state index is 8.93. The van der Waals surface area contributed by atoms with Gasteiger partial charge in [-0.15, -0.1) is 0 Å². The summed E-state index contributed by atoms with van der Waals surface area (Å²) < 4.78 is 0. The van der Waals surface area contributed by atoms with E-state index in [4.69, 9.17) is 5.11 Å². The van der Waals surface area contributed by atoms with Gasteiger partial charge in [0.2, 0.25) is 0 Å². The number of aliphatic hydroxyl groups is 1. The first kappa shape index (κ1) is 12.6. The minimum Gasteiger partial charge on any atom is -0.395 e. The average Bonchev–Trinajstić information content (AvgIpc) is 2.35. The van der Waals surface area contributed by atoms with Crippen LogP contribution in [0.1, 0.15) is 55.3 Å². The van der Waals surface area contributed by atoms with E-state index >= 15 is 0 Å². The number of nitrogens with one attached hydrogen (secondary N) is 1. The summed E-state index contributed by atoms with van der Waals surface area (Å²) in [5.74, 6) is 0.584. The lowest BCUT2D eigenvalue weighted by atomic mass is 9.85. The van der Waals surface area contributed by atoms with Crippen LogP contribution in [0, 0.1) is 0 Å². The molecule has 2 rings (SSSR count). The van der Waals surface area contributed by atoms with Crippen molar-refractivity contribution in [3.8, 4) is 0 Å². The highest BCUT2D eigenvalue weighted by Crippen LogP contribution is 2.31. The van der Waals surface area contributed by atoms with Crippen LogP contribution in [-0.2, 0) is 6.42 Å². The number of aliphatic hydroxyl groups excluding tert-OH is 1. The summed E-state index contributed by atoms with van der Waals surface area (Å²) in [5, 5.41) is 12.4. The molecule has 0 radical (unpaired) electrons. The molecule has 1 aliphatic carbocycles. The maximum absolute atomic E-state index is 8.93. The van der Waals surface area contributed by atoms with Crippen LogP contribution >= 0.6 is 0 Å². The molecule has 1 atom stereocenters. The van der Waals surface area contributed by atoms with E-state index in [-0.39, 0.29) is 6.61 Å². The van der Waals surface area contributed by atoms with E-state index in [0.29, 0.717) is 18.5 Å². The van der Waals surface area contributed by atoms with E-state index in [2.05, 4.69) is 37.4 Å². The third-order valence-electron chi connectivity index (χ3n) is 3.65. The Hall–Kier alpha value is -0.860. The molecule has 1 unspecified atom stereocenters. The fraction of sp³-hybridized carbons (Fsp3) is 0.600. The Balaban J connectivity index is 2.24. The molecule has 0 aromatic heterocycles. The fourth-order valence-corrected chi connectivity index (χ4v) is 2.63. The molecular formula is C15H23NO. The van der Waals surface area contributed by atoms with Gasteiger partial charge in [-0.2, -0.15) is 0 Å². The van der Waals surface area contributed by atoms with Gasteiger partial charge in [-0.3, -0.25) is 0 Å². The van der Waals surface area contributed by atoms with Gasteiger partial charge in [0.05, 0.1) is 6.61 Å². The molecule has 17 heavy (non-hydrogen) atoms. The second kappa shape index (κ2) is 5.65. The molecule has 2 heteroatoms. The van der Waals surface area contributed by atoms with Crippen LogP contribution in [0.5, 0.6) is 0 Å². The van der Waals surface area contributed by atoms with Crippen molar-refractivity contribution in [2.24, 2.45) is 0 Å². The Kier molecular flexibility index (Phi) is 4.19. The van der Waals surface area contributed by atoms with Gasteiger partial charge in [-0.1, -0.05) is 32.0 Å². The quantitative estimate of drug-likeness (QED) is 0.838. The molecule has 0 aliphatic heterocycles. The number of fused-ring (bicyclic) bond motifs is 1. The number of hydrogen-bond donors (Lipinski definition) is 2. The standard InChI is InChI=1S/C15H23NO/c1-11(2)13-7-6-12-4-3-5-15(14(12)10-13)16-8-9-17/h6-7,10-11,15-17H,3-5,8-9H2,1-2H3. The summed E-state index contributed by atoms with van der Waals surface area (Å²) in [6.07, 6.45) is 3.64. The van der Waals surface area contributed by atoms with Crippen LogP contribution in [-0.4, -0.2) is 18.3 Å². The molecule has 2 nitrogen and oxygen atoms in total. The Morgan fingerprint density at radius 1 is 1.41 bits per heavy atom. The van der Waals surface area contributed by atoms with Crippen LogP contribution in [0.4, 0.5) is 0 Å². The van der Waals surface area contributed by atoms with E-state index in [9.17, 15) is 0 Å². The smallest absolute Gasteiger partial charge is 0.0556 e. The summed E-state index contributed by atoms with van der Waals surface area (Å²) in [5.41, 5.74) is 4.36. The first-order valence-electron chi connectivity index (χ1n) is 6.69. The van der Waals surface area contributed by atoms with Gasteiger partial charge in [0.1, 0.15) is 0 Å². The van der Waals surface area contributed by atoms with Crippen molar-refractivity contribution >= 4 is 0 Å². The number of hydrogen-bond acceptors (Lipinski definition) is 2. The Morgan fingerprint density at radius 3 is 2.94 bits per heavy atom. The highest BCUT2D eigenvalue weighted by atomic mass is 16.3. The van der Waals surface area contributed by atoms with E-state index in [1.54, 1.807) is 0 Å². The topological polar surface area (TPSA) is 32.3 Å². The minimum atomic E-state index is 0.218. The molecule has 2 N–H and O–H groups in total. The zero-order valence-corrected chi connectivity index (χ0v) is 10.9. The van der Waals surface area contributed by atoms with Gasteiger partial charge in [0, 0.05) is 12.6 Å². The first-order chi connectivity index (χ1) is 8.22. The molecule has 0 amide bonds. The van der Waals surface area contributed by atoms with E-state index in [1.807, 2.05) is 0 Å².